The number of para-hydroxylation sites is 1. The lowest BCUT2D eigenvalue weighted by atomic mass is 9.96. The highest BCUT2D eigenvalue weighted by Gasteiger charge is 2.33. The number of aliphatic hydroxyl groups is 1. The van der Waals surface area contributed by atoms with Crippen molar-refractivity contribution in [2.45, 2.75) is 39.1 Å². The molecule has 3 atom stereocenters. The average Bonchev–Trinajstić information content (AvgIpc) is 3.24. The molecule has 0 bridgehead atoms. The summed E-state index contributed by atoms with van der Waals surface area (Å²) in [4.78, 5) is 22.6. The van der Waals surface area contributed by atoms with Crippen LogP contribution < -0.4 is 0 Å². The molecule has 0 spiro atoms. The third-order valence-corrected chi connectivity index (χ3v) is 7.92. The van der Waals surface area contributed by atoms with Gasteiger partial charge in [0.2, 0.25) is 0 Å². The molecule has 7 nitrogen and oxygen atoms in total. The van der Waals surface area contributed by atoms with Gasteiger partial charge < -0.3 is 19.3 Å². The molecule has 0 fully saturated rings. The molecular formula is C32H38N4O3. The second-order valence-electron chi connectivity index (χ2n) is 10.8. The number of hydrogen-bond donors (Lipinski definition) is 1. The minimum atomic E-state index is -0.336. The molecule has 0 saturated carbocycles. The van der Waals surface area contributed by atoms with Crippen LogP contribution in [0.1, 0.15) is 35.5 Å². The van der Waals surface area contributed by atoms with Crippen LogP contribution in [0.15, 0.2) is 73.1 Å². The van der Waals surface area contributed by atoms with E-state index in [2.05, 4.69) is 48.1 Å². The summed E-state index contributed by atoms with van der Waals surface area (Å²) in [5.74, 6) is -0.0380. The Labute approximate surface area is 230 Å². The highest BCUT2D eigenvalue weighted by atomic mass is 16.5. The predicted molar refractivity (Wildman–Crippen MR) is 154 cm³/mol. The summed E-state index contributed by atoms with van der Waals surface area (Å²) in [5.41, 5.74) is 5.82. The summed E-state index contributed by atoms with van der Waals surface area (Å²) in [6, 6.07) is 20.1. The van der Waals surface area contributed by atoms with Crippen LogP contribution in [0, 0.1) is 5.92 Å². The van der Waals surface area contributed by atoms with Crippen molar-refractivity contribution in [1.29, 1.82) is 0 Å². The molecule has 0 aliphatic carbocycles. The van der Waals surface area contributed by atoms with Crippen LogP contribution in [-0.2, 0) is 24.9 Å². The van der Waals surface area contributed by atoms with Crippen LogP contribution in [0.2, 0.25) is 0 Å². The quantitative estimate of drug-likeness (QED) is 0.393. The van der Waals surface area contributed by atoms with Crippen LogP contribution in [0.3, 0.4) is 0 Å². The number of aliphatic hydroxyl groups excluding tert-OH is 1. The molecule has 2 aromatic carbocycles. The number of carbonyl (C=O) groups is 1. The van der Waals surface area contributed by atoms with Gasteiger partial charge in [-0.25, -0.2) is 0 Å². The van der Waals surface area contributed by atoms with Crippen LogP contribution >= 0.6 is 0 Å². The summed E-state index contributed by atoms with van der Waals surface area (Å²) >= 11 is 0. The topological polar surface area (TPSA) is 70.8 Å². The predicted octanol–water partition coefficient (Wildman–Crippen LogP) is 4.73. The van der Waals surface area contributed by atoms with Crippen molar-refractivity contribution in [3.05, 3.63) is 89.9 Å². The van der Waals surface area contributed by atoms with E-state index in [9.17, 15) is 9.90 Å². The number of fused-ring (bicyclic) bond motifs is 5. The van der Waals surface area contributed by atoms with E-state index < -0.39 is 0 Å². The largest absolute Gasteiger partial charge is 0.394 e. The molecule has 0 unspecified atom stereocenters. The van der Waals surface area contributed by atoms with Crippen molar-refractivity contribution in [3.8, 4) is 11.1 Å². The molecule has 1 aliphatic rings. The van der Waals surface area contributed by atoms with Gasteiger partial charge in [0.05, 0.1) is 25.4 Å². The van der Waals surface area contributed by atoms with Gasteiger partial charge in [0.25, 0.3) is 5.91 Å². The fraction of sp³-hybridized carbons (Fsp3) is 0.375. The lowest BCUT2D eigenvalue weighted by Gasteiger charge is -2.35. The first-order valence-electron chi connectivity index (χ1n) is 13.7. The Bertz CT molecular complexity index is 1430. The average molecular weight is 527 g/mol. The molecule has 3 heterocycles. The van der Waals surface area contributed by atoms with Gasteiger partial charge in [-0.05, 0) is 48.9 Å². The lowest BCUT2D eigenvalue weighted by Crippen LogP contribution is -2.47. The van der Waals surface area contributed by atoms with E-state index in [0.29, 0.717) is 25.4 Å². The number of carbonyl (C=O) groups excluding carboxylic acids is 1. The zero-order valence-corrected chi connectivity index (χ0v) is 23.2. The van der Waals surface area contributed by atoms with Crippen molar-refractivity contribution in [3.63, 3.8) is 0 Å². The molecule has 1 aliphatic heterocycles. The number of nitrogens with zero attached hydrogens (tertiary/aromatic N) is 4. The number of aryl methyl sites for hydroxylation is 1. The van der Waals surface area contributed by atoms with E-state index in [1.54, 1.807) is 0 Å². The van der Waals surface area contributed by atoms with Crippen molar-refractivity contribution in [2.75, 3.05) is 26.7 Å². The van der Waals surface area contributed by atoms with Gasteiger partial charge in [0.15, 0.2) is 0 Å². The third-order valence-electron chi connectivity index (χ3n) is 7.92. The number of likely N-dealkylation sites (N-methyl/N-ethyl adjacent to an activating group) is 1. The highest BCUT2D eigenvalue weighted by molar-refractivity contribution is 6.10. The summed E-state index contributed by atoms with van der Waals surface area (Å²) < 4.78 is 8.69. The normalized spacial score (nSPS) is 19.0. The Morgan fingerprint density at radius 3 is 2.59 bits per heavy atom. The van der Waals surface area contributed by atoms with Crippen molar-refractivity contribution in [1.82, 2.24) is 19.4 Å². The fourth-order valence-electron chi connectivity index (χ4n) is 5.70. The van der Waals surface area contributed by atoms with Gasteiger partial charge in [0, 0.05) is 61.5 Å². The molecule has 1 amide bonds. The van der Waals surface area contributed by atoms with Crippen molar-refractivity contribution in [2.24, 2.45) is 13.0 Å². The molecule has 204 valence electrons. The number of aromatic nitrogens is 2. The molecule has 5 rings (SSSR count). The van der Waals surface area contributed by atoms with E-state index >= 15 is 0 Å². The zero-order valence-electron chi connectivity index (χ0n) is 23.2. The minimum absolute atomic E-state index is 0.0336. The van der Waals surface area contributed by atoms with Gasteiger partial charge >= 0.3 is 0 Å². The second-order valence-corrected chi connectivity index (χ2v) is 10.8. The van der Waals surface area contributed by atoms with Gasteiger partial charge in [-0.1, -0.05) is 49.4 Å². The van der Waals surface area contributed by atoms with E-state index in [0.717, 1.165) is 34.1 Å². The van der Waals surface area contributed by atoms with Crippen LogP contribution in [0.25, 0.3) is 22.0 Å². The first kappa shape index (κ1) is 27.1. The fourth-order valence-corrected chi connectivity index (χ4v) is 5.70. The summed E-state index contributed by atoms with van der Waals surface area (Å²) in [6.07, 6.45) is 3.50. The van der Waals surface area contributed by atoms with E-state index in [-0.39, 0.29) is 30.6 Å². The monoisotopic (exact) mass is 526 g/mol. The maximum Gasteiger partial charge on any atom is 0.271 e. The first-order valence-corrected chi connectivity index (χ1v) is 13.7. The molecule has 2 aromatic heterocycles. The van der Waals surface area contributed by atoms with E-state index in [1.807, 2.05) is 72.2 Å². The highest BCUT2D eigenvalue weighted by Crippen LogP contribution is 2.38. The number of benzene rings is 2. The number of pyridine rings is 1. The summed E-state index contributed by atoms with van der Waals surface area (Å²) in [5, 5.41) is 11.2. The lowest BCUT2D eigenvalue weighted by molar-refractivity contribution is -0.0242. The van der Waals surface area contributed by atoms with Crippen LogP contribution in [0.4, 0.5) is 0 Å². The maximum atomic E-state index is 14.4. The standard InChI is InChI=1S/C32H38N4O3/c1-22-17-36(23(2)20-37)32(38)31-30(27-11-7-8-12-28(27)35(31)4)26-10-6-5-9-25(26)21-39-29(22)19-34(3)18-24-13-15-33-16-14-24/h5-16,22-23,29,37H,17-21H2,1-4H3/t22-,23+,29-/m1/s1. The van der Waals surface area contributed by atoms with E-state index in [4.69, 9.17) is 4.74 Å². The summed E-state index contributed by atoms with van der Waals surface area (Å²) in [7, 11) is 4.05. The minimum Gasteiger partial charge on any atom is -0.394 e. The van der Waals surface area contributed by atoms with Crippen molar-refractivity contribution >= 4 is 16.8 Å². The molecular weight excluding hydrogens is 488 g/mol. The third kappa shape index (κ3) is 5.48. The molecule has 4 aromatic rings. The van der Waals surface area contributed by atoms with Crippen LogP contribution in [-0.4, -0.2) is 69.3 Å². The molecule has 39 heavy (non-hydrogen) atoms. The maximum absolute atomic E-state index is 14.4. The zero-order chi connectivity index (χ0) is 27.5. The van der Waals surface area contributed by atoms with E-state index in [1.165, 1.54) is 5.56 Å². The van der Waals surface area contributed by atoms with Gasteiger partial charge in [-0.3, -0.25) is 14.7 Å². The summed E-state index contributed by atoms with van der Waals surface area (Å²) in [6.45, 7) is 6.34. The Balaban J connectivity index is 1.58. The smallest absolute Gasteiger partial charge is 0.271 e. The number of rotatable bonds is 6. The van der Waals surface area contributed by atoms with Crippen molar-refractivity contribution < 1.29 is 14.6 Å². The van der Waals surface area contributed by atoms with Gasteiger partial charge in [-0.2, -0.15) is 0 Å². The van der Waals surface area contributed by atoms with Gasteiger partial charge in [-0.15, -0.1) is 0 Å². The molecule has 1 N–H and O–H groups in total. The second kappa shape index (κ2) is 11.7. The van der Waals surface area contributed by atoms with Crippen LogP contribution in [0.5, 0.6) is 0 Å². The SMILES string of the molecule is C[C@@H]1CN([C@@H](C)CO)C(=O)c2c(c3ccccc3n2C)-c2ccccc2CO[C@@H]1CN(C)Cc1ccncc1. The Hall–Kier alpha value is -3.52. The number of ether oxygens (including phenoxy) is 1. The van der Waals surface area contributed by atoms with Gasteiger partial charge in [0.1, 0.15) is 5.69 Å². The number of hydrogen-bond acceptors (Lipinski definition) is 5. The molecule has 0 radical (unpaired) electrons. The Kier molecular flexibility index (Phi) is 8.12. The Morgan fingerprint density at radius 2 is 1.82 bits per heavy atom. The number of amides is 1. The molecule has 0 saturated heterocycles. The first-order chi connectivity index (χ1) is 18.9. The Morgan fingerprint density at radius 1 is 1.10 bits per heavy atom. The molecule has 7 heteroatoms.